The van der Waals surface area contributed by atoms with Crippen molar-refractivity contribution < 1.29 is 18.0 Å². The molecule has 0 fully saturated rings. The highest BCUT2D eigenvalue weighted by molar-refractivity contribution is 6.04. The zero-order valence-electron chi connectivity index (χ0n) is 13.8. The van der Waals surface area contributed by atoms with Gasteiger partial charge in [-0.3, -0.25) is 9.48 Å². The molecule has 0 spiro atoms. The highest BCUT2D eigenvalue weighted by Gasteiger charge is 2.39. The molecule has 6 nitrogen and oxygen atoms in total. The Morgan fingerprint density at radius 1 is 1.33 bits per heavy atom. The standard InChI is InChI=1S/C15H18F3N5O/c1-5-23-12(15(16,17)18)10(7-19-23)14(24)22-11-6-9(4)20-13(21-11)8(2)3/h6-8H,5H2,1-4H3,(H,20,21,22,24). The van der Waals surface area contributed by atoms with Crippen LogP contribution in [0.2, 0.25) is 0 Å². The third-order valence-electron chi connectivity index (χ3n) is 3.28. The highest BCUT2D eigenvalue weighted by Crippen LogP contribution is 2.32. The van der Waals surface area contributed by atoms with Gasteiger partial charge in [-0.1, -0.05) is 13.8 Å². The van der Waals surface area contributed by atoms with E-state index in [0.29, 0.717) is 11.5 Å². The normalized spacial score (nSPS) is 11.8. The molecule has 0 bridgehead atoms. The van der Waals surface area contributed by atoms with Gasteiger partial charge in [0.2, 0.25) is 0 Å². The summed E-state index contributed by atoms with van der Waals surface area (Å²) >= 11 is 0. The van der Waals surface area contributed by atoms with Gasteiger partial charge in [0.05, 0.1) is 11.8 Å². The van der Waals surface area contributed by atoms with Crippen LogP contribution in [-0.2, 0) is 12.7 Å². The fourth-order valence-electron chi connectivity index (χ4n) is 2.19. The molecule has 24 heavy (non-hydrogen) atoms. The Kier molecular flexibility index (Phi) is 4.91. The number of amides is 1. The van der Waals surface area contributed by atoms with E-state index in [9.17, 15) is 18.0 Å². The van der Waals surface area contributed by atoms with Crippen LogP contribution in [0, 0.1) is 6.92 Å². The van der Waals surface area contributed by atoms with Gasteiger partial charge in [0, 0.05) is 24.2 Å². The Hall–Kier alpha value is -2.45. The van der Waals surface area contributed by atoms with Gasteiger partial charge >= 0.3 is 6.18 Å². The van der Waals surface area contributed by atoms with Crippen molar-refractivity contribution in [3.8, 4) is 0 Å². The Bertz CT molecular complexity index is 752. The average Bonchev–Trinajstić information content (AvgIpc) is 2.90. The first kappa shape index (κ1) is 17.9. The maximum absolute atomic E-state index is 13.2. The zero-order chi connectivity index (χ0) is 18.1. The maximum Gasteiger partial charge on any atom is 0.433 e. The molecule has 130 valence electrons. The van der Waals surface area contributed by atoms with Crippen molar-refractivity contribution in [1.82, 2.24) is 19.7 Å². The Morgan fingerprint density at radius 3 is 2.54 bits per heavy atom. The van der Waals surface area contributed by atoms with Gasteiger partial charge in [0.25, 0.3) is 5.91 Å². The third kappa shape index (κ3) is 3.72. The molecule has 0 saturated heterocycles. The second-order valence-corrected chi connectivity index (χ2v) is 5.58. The number of aryl methyl sites for hydroxylation is 2. The third-order valence-corrected chi connectivity index (χ3v) is 3.28. The van der Waals surface area contributed by atoms with Crippen molar-refractivity contribution in [3.63, 3.8) is 0 Å². The average molecular weight is 341 g/mol. The maximum atomic E-state index is 13.2. The number of nitrogens with one attached hydrogen (secondary N) is 1. The summed E-state index contributed by atoms with van der Waals surface area (Å²) in [6.45, 7) is 7.01. The van der Waals surface area contributed by atoms with E-state index in [1.165, 1.54) is 13.0 Å². The number of hydrogen-bond acceptors (Lipinski definition) is 4. The number of carbonyl (C=O) groups excluding carboxylic acids is 1. The summed E-state index contributed by atoms with van der Waals surface area (Å²) in [5, 5.41) is 6.03. The predicted molar refractivity (Wildman–Crippen MR) is 81.7 cm³/mol. The van der Waals surface area contributed by atoms with Crippen LogP contribution < -0.4 is 5.32 Å². The first-order valence-corrected chi connectivity index (χ1v) is 7.43. The number of hydrogen-bond donors (Lipinski definition) is 1. The van der Waals surface area contributed by atoms with Crippen molar-refractivity contribution in [3.05, 3.63) is 35.0 Å². The van der Waals surface area contributed by atoms with E-state index in [-0.39, 0.29) is 18.3 Å². The quantitative estimate of drug-likeness (QED) is 0.925. The number of alkyl halides is 3. The highest BCUT2D eigenvalue weighted by atomic mass is 19.4. The summed E-state index contributed by atoms with van der Waals surface area (Å²) in [4.78, 5) is 20.7. The molecule has 0 radical (unpaired) electrons. The molecular formula is C15H18F3N5O. The fourth-order valence-corrected chi connectivity index (χ4v) is 2.19. The Morgan fingerprint density at radius 2 is 2.00 bits per heavy atom. The van der Waals surface area contributed by atoms with Gasteiger partial charge in [0.1, 0.15) is 11.6 Å². The van der Waals surface area contributed by atoms with Crippen LogP contribution in [0.15, 0.2) is 12.3 Å². The number of anilines is 1. The van der Waals surface area contributed by atoms with Crippen LogP contribution >= 0.6 is 0 Å². The molecule has 0 saturated carbocycles. The van der Waals surface area contributed by atoms with Gasteiger partial charge < -0.3 is 5.32 Å². The number of halogens is 3. The van der Waals surface area contributed by atoms with Gasteiger partial charge in [-0.05, 0) is 13.8 Å². The lowest BCUT2D eigenvalue weighted by Gasteiger charge is -2.12. The van der Waals surface area contributed by atoms with Gasteiger partial charge in [-0.25, -0.2) is 9.97 Å². The molecule has 0 aliphatic carbocycles. The molecule has 9 heteroatoms. The topological polar surface area (TPSA) is 72.7 Å². The second kappa shape index (κ2) is 6.58. The van der Waals surface area contributed by atoms with Crippen molar-refractivity contribution >= 4 is 11.7 Å². The van der Waals surface area contributed by atoms with E-state index in [4.69, 9.17) is 0 Å². The summed E-state index contributed by atoms with van der Waals surface area (Å²) in [7, 11) is 0. The summed E-state index contributed by atoms with van der Waals surface area (Å²) in [5.74, 6) is -0.219. The first-order chi connectivity index (χ1) is 11.1. The SMILES string of the molecule is CCn1ncc(C(=O)Nc2cc(C)nc(C(C)C)n2)c1C(F)(F)F. The molecule has 1 amide bonds. The lowest BCUT2D eigenvalue weighted by molar-refractivity contribution is -0.144. The molecule has 0 aliphatic rings. The monoisotopic (exact) mass is 341 g/mol. The summed E-state index contributed by atoms with van der Waals surface area (Å²) in [6.07, 6.45) is -3.76. The van der Waals surface area contributed by atoms with Crippen molar-refractivity contribution in [2.24, 2.45) is 0 Å². The van der Waals surface area contributed by atoms with E-state index in [2.05, 4.69) is 20.4 Å². The number of aromatic nitrogens is 4. The number of nitrogens with zero attached hydrogens (tertiary/aromatic N) is 4. The van der Waals surface area contributed by atoms with Crippen LogP contribution in [0.1, 0.15) is 54.3 Å². The van der Waals surface area contributed by atoms with Crippen LogP contribution in [0.3, 0.4) is 0 Å². The lowest BCUT2D eigenvalue weighted by atomic mass is 10.2. The van der Waals surface area contributed by atoms with E-state index >= 15 is 0 Å². The summed E-state index contributed by atoms with van der Waals surface area (Å²) in [5.41, 5.74) is -0.992. The minimum Gasteiger partial charge on any atom is -0.306 e. The lowest BCUT2D eigenvalue weighted by Crippen LogP contribution is -2.21. The molecule has 2 rings (SSSR count). The fraction of sp³-hybridized carbons (Fsp3) is 0.467. The van der Waals surface area contributed by atoms with Gasteiger partial charge in [-0.2, -0.15) is 18.3 Å². The summed E-state index contributed by atoms with van der Waals surface area (Å²) < 4.78 is 40.3. The molecule has 0 aliphatic heterocycles. The van der Waals surface area contributed by atoms with Gasteiger partial charge in [-0.15, -0.1) is 0 Å². The van der Waals surface area contributed by atoms with E-state index in [1.54, 1.807) is 6.92 Å². The molecule has 0 unspecified atom stereocenters. The van der Waals surface area contributed by atoms with Crippen molar-refractivity contribution in [1.29, 1.82) is 0 Å². The predicted octanol–water partition coefficient (Wildman–Crippen LogP) is 3.40. The summed E-state index contributed by atoms with van der Waals surface area (Å²) in [6, 6.07) is 1.50. The minimum atomic E-state index is -4.68. The van der Waals surface area contributed by atoms with Crippen LogP contribution in [0.25, 0.3) is 0 Å². The minimum absolute atomic E-state index is 0.00619. The second-order valence-electron chi connectivity index (χ2n) is 5.58. The molecule has 1 N–H and O–H groups in total. The van der Waals surface area contributed by atoms with Gasteiger partial charge in [0.15, 0.2) is 5.69 Å². The van der Waals surface area contributed by atoms with Crippen molar-refractivity contribution in [2.45, 2.75) is 46.3 Å². The van der Waals surface area contributed by atoms with E-state index in [1.807, 2.05) is 13.8 Å². The smallest absolute Gasteiger partial charge is 0.306 e. The number of carbonyl (C=O) groups is 1. The van der Waals surface area contributed by atoms with E-state index in [0.717, 1.165) is 10.9 Å². The first-order valence-electron chi connectivity index (χ1n) is 7.43. The molecule has 2 aromatic rings. The van der Waals surface area contributed by atoms with Crippen LogP contribution in [0.4, 0.5) is 19.0 Å². The zero-order valence-corrected chi connectivity index (χ0v) is 13.8. The van der Waals surface area contributed by atoms with Crippen LogP contribution in [-0.4, -0.2) is 25.7 Å². The van der Waals surface area contributed by atoms with Crippen molar-refractivity contribution in [2.75, 3.05) is 5.32 Å². The largest absolute Gasteiger partial charge is 0.433 e. The Balaban J connectivity index is 2.36. The molecular weight excluding hydrogens is 323 g/mol. The molecule has 0 atom stereocenters. The van der Waals surface area contributed by atoms with E-state index < -0.39 is 23.3 Å². The van der Waals surface area contributed by atoms with Crippen LogP contribution in [0.5, 0.6) is 0 Å². The molecule has 0 aromatic carbocycles. The molecule has 2 aromatic heterocycles. The Labute approximate surface area is 137 Å². The number of rotatable bonds is 4. The molecule has 2 heterocycles.